The molecule has 0 unspecified atom stereocenters. The van der Waals surface area contributed by atoms with Gasteiger partial charge in [-0.2, -0.15) is 5.10 Å². The fourth-order valence-corrected chi connectivity index (χ4v) is 3.92. The highest BCUT2D eigenvalue weighted by Gasteiger charge is 2.42. The van der Waals surface area contributed by atoms with Crippen molar-refractivity contribution >= 4 is 5.91 Å². The van der Waals surface area contributed by atoms with Crippen molar-refractivity contribution in [2.75, 3.05) is 6.54 Å². The molecule has 4 rings (SSSR count). The number of aromatic hydroxyl groups is 1. The number of aromatic nitrogens is 2. The minimum absolute atomic E-state index is 0.0258. The number of hydrogen-bond donors (Lipinski definition) is 2. The van der Waals surface area contributed by atoms with Crippen molar-refractivity contribution in [1.82, 2.24) is 15.1 Å². The summed E-state index contributed by atoms with van der Waals surface area (Å²) in [7, 11) is 0. The smallest absolute Gasteiger partial charge is 0.273 e. The number of para-hydroxylation sites is 1. The van der Waals surface area contributed by atoms with E-state index in [0.29, 0.717) is 23.5 Å². The van der Waals surface area contributed by atoms with Crippen LogP contribution in [0.4, 0.5) is 0 Å². The van der Waals surface area contributed by atoms with Gasteiger partial charge in [0.2, 0.25) is 0 Å². The molecule has 144 valence electrons. The third kappa shape index (κ3) is 2.97. The number of rotatable bonds is 6. The molecule has 0 bridgehead atoms. The van der Waals surface area contributed by atoms with Crippen LogP contribution < -0.4 is 0 Å². The minimum atomic E-state index is -0.201. The second kappa shape index (κ2) is 7.50. The number of nitrogens with zero attached hydrogens (tertiary/aromatic N) is 2. The van der Waals surface area contributed by atoms with E-state index in [9.17, 15) is 9.90 Å². The molecule has 0 radical (unpaired) electrons. The van der Waals surface area contributed by atoms with E-state index in [0.717, 1.165) is 30.4 Å². The van der Waals surface area contributed by atoms with Crippen LogP contribution in [0.15, 0.2) is 48.5 Å². The molecule has 2 aromatic carbocycles. The first-order valence-electron chi connectivity index (χ1n) is 9.92. The van der Waals surface area contributed by atoms with Crippen LogP contribution in [0, 0.1) is 0 Å². The molecule has 0 saturated heterocycles. The number of nitrogens with one attached hydrogen (secondary N) is 1. The largest absolute Gasteiger partial charge is 0.507 e. The van der Waals surface area contributed by atoms with Crippen molar-refractivity contribution in [3.8, 4) is 17.0 Å². The van der Waals surface area contributed by atoms with Crippen LogP contribution in [-0.2, 0) is 6.42 Å². The van der Waals surface area contributed by atoms with Gasteiger partial charge in [-0.1, -0.05) is 56.7 Å². The van der Waals surface area contributed by atoms with Gasteiger partial charge in [0.05, 0.1) is 6.04 Å². The molecule has 5 nitrogen and oxygen atoms in total. The van der Waals surface area contributed by atoms with Gasteiger partial charge in [0, 0.05) is 17.7 Å². The van der Waals surface area contributed by atoms with Crippen LogP contribution in [0.2, 0.25) is 0 Å². The van der Waals surface area contributed by atoms with Crippen LogP contribution in [0.25, 0.3) is 11.3 Å². The Morgan fingerprint density at radius 3 is 2.54 bits per heavy atom. The van der Waals surface area contributed by atoms with Crippen molar-refractivity contribution < 1.29 is 9.90 Å². The van der Waals surface area contributed by atoms with Gasteiger partial charge in [0.15, 0.2) is 0 Å². The summed E-state index contributed by atoms with van der Waals surface area (Å²) in [5.41, 5.74) is 5.00. The molecule has 3 aromatic rings. The second-order valence-electron chi connectivity index (χ2n) is 7.23. The van der Waals surface area contributed by atoms with Gasteiger partial charge in [-0.3, -0.25) is 9.89 Å². The summed E-state index contributed by atoms with van der Waals surface area (Å²) < 4.78 is 0. The zero-order valence-corrected chi connectivity index (χ0v) is 16.3. The summed E-state index contributed by atoms with van der Waals surface area (Å²) in [6.07, 6.45) is 2.94. The van der Waals surface area contributed by atoms with Gasteiger partial charge < -0.3 is 10.0 Å². The molecule has 0 fully saturated rings. The molecule has 0 aliphatic carbocycles. The topological polar surface area (TPSA) is 69.2 Å². The van der Waals surface area contributed by atoms with Crippen molar-refractivity contribution in [3.63, 3.8) is 0 Å². The monoisotopic (exact) mass is 375 g/mol. The average Bonchev–Trinajstić information content (AvgIpc) is 3.26. The first-order valence-corrected chi connectivity index (χ1v) is 9.92. The molecule has 5 heteroatoms. The number of H-pyrrole nitrogens is 1. The molecule has 1 aromatic heterocycles. The molecule has 28 heavy (non-hydrogen) atoms. The molecule has 1 aliphatic rings. The first-order chi connectivity index (χ1) is 13.7. The maximum Gasteiger partial charge on any atom is 0.273 e. The lowest BCUT2D eigenvalue weighted by molar-refractivity contribution is 0.0741. The third-order valence-corrected chi connectivity index (χ3v) is 5.48. The van der Waals surface area contributed by atoms with E-state index in [4.69, 9.17) is 0 Å². The zero-order chi connectivity index (χ0) is 19.7. The highest BCUT2D eigenvalue weighted by Crippen LogP contribution is 2.44. The fourth-order valence-electron chi connectivity index (χ4n) is 3.92. The summed E-state index contributed by atoms with van der Waals surface area (Å²) >= 11 is 0. The number of aryl methyl sites for hydroxylation is 1. The summed E-state index contributed by atoms with van der Waals surface area (Å²) in [5, 5.41) is 17.7. The van der Waals surface area contributed by atoms with Crippen LogP contribution in [0.5, 0.6) is 5.75 Å². The van der Waals surface area contributed by atoms with Gasteiger partial charge in [0.1, 0.15) is 17.1 Å². The second-order valence-corrected chi connectivity index (χ2v) is 7.23. The predicted octanol–water partition coefficient (Wildman–Crippen LogP) is 4.69. The summed E-state index contributed by atoms with van der Waals surface area (Å²) in [6.45, 7) is 4.95. The van der Waals surface area contributed by atoms with Gasteiger partial charge in [0.25, 0.3) is 5.91 Å². The minimum Gasteiger partial charge on any atom is -0.507 e. The average molecular weight is 375 g/mol. The van der Waals surface area contributed by atoms with Gasteiger partial charge in [-0.05, 0) is 36.1 Å². The molecule has 0 saturated carbocycles. The van der Waals surface area contributed by atoms with Gasteiger partial charge >= 0.3 is 0 Å². The molecule has 1 aliphatic heterocycles. The lowest BCUT2D eigenvalue weighted by Gasteiger charge is -2.26. The number of amides is 1. The van der Waals surface area contributed by atoms with E-state index in [1.54, 1.807) is 12.1 Å². The number of unbranched alkanes of at least 4 members (excludes halogenated alkanes) is 1. The van der Waals surface area contributed by atoms with E-state index >= 15 is 0 Å². The number of carbonyl (C=O) groups excluding carboxylic acids is 1. The van der Waals surface area contributed by atoms with Gasteiger partial charge in [-0.15, -0.1) is 0 Å². The highest BCUT2D eigenvalue weighted by molar-refractivity contribution is 6.00. The Hall–Kier alpha value is -3.08. The van der Waals surface area contributed by atoms with E-state index in [-0.39, 0.29) is 17.7 Å². The normalized spacial score (nSPS) is 15.9. The van der Waals surface area contributed by atoms with E-state index < -0.39 is 0 Å². The molecule has 2 N–H and O–H groups in total. The summed E-state index contributed by atoms with van der Waals surface area (Å²) in [5.74, 6) is 0.138. The first kappa shape index (κ1) is 18.3. The summed E-state index contributed by atoms with van der Waals surface area (Å²) in [6, 6.07) is 15.4. The van der Waals surface area contributed by atoms with E-state index in [2.05, 4.69) is 48.3 Å². The molecule has 1 amide bonds. The number of benzene rings is 2. The number of aromatic amines is 1. The number of fused-ring (bicyclic) bond motifs is 1. The Labute approximate surface area is 165 Å². The van der Waals surface area contributed by atoms with E-state index in [1.165, 1.54) is 5.56 Å². The Morgan fingerprint density at radius 2 is 1.86 bits per heavy atom. The zero-order valence-electron chi connectivity index (χ0n) is 16.3. The molecule has 0 spiro atoms. The van der Waals surface area contributed by atoms with Crippen molar-refractivity contribution in [3.05, 3.63) is 70.9 Å². The van der Waals surface area contributed by atoms with Crippen LogP contribution in [0.1, 0.15) is 59.9 Å². The van der Waals surface area contributed by atoms with Crippen LogP contribution >= 0.6 is 0 Å². The molecular formula is C23H25N3O2. The quantitative estimate of drug-likeness (QED) is 0.657. The number of phenolic OH excluding ortho intramolecular Hbond substituents is 1. The molecule has 1 atom stereocenters. The Bertz CT molecular complexity index is 991. The molecule has 2 heterocycles. The highest BCUT2D eigenvalue weighted by atomic mass is 16.3. The third-order valence-electron chi connectivity index (χ3n) is 5.48. The lowest BCUT2D eigenvalue weighted by atomic mass is 9.94. The number of carbonyl (C=O) groups is 1. The predicted molar refractivity (Wildman–Crippen MR) is 109 cm³/mol. The number of hydrogen-bond acceptors (Lipinski definition) is 3. The Balaban J connectivity index is 1.86. The van der Waals surface area contributed by atoms with Crippen LogP contribution in [-0.4, -0.2) is 32.7 Å². The molecular weight excluding hydrogens is 350 g/mol. The Morgan fingerprint density at radius 1 is 1.11 bits per heavy atom. The Kier molecular flexibility index (Phi) is 4.90. The maximum absolute atomic E-state index is 13.1. The standard InChI is InChI=1S/C23H25N3O2/c1-3-5-14-26-22(16-12-10-15(4-2)11-13-16)19-20(24-25-21(19)23(26)28)17-8-6-7-9-18(17)27/h6-13,22,27H,3-5,14H2,1-2H3,(H,24,25)/t22-/m0/s1. The summed E-state index contributed by atoms with van der Waals surface area (Å²) in [4.78, 5) is 15.1. The fraction of sp³-hybridized carbons (Fsp3) is 0.304. The van der Waals surface area contributed by atoms with Crippen LogP contribution in [0.3, 0.4) is 0 Å². The number of phenols is 1. The SMILES string of the molecule is CCCCN1C(=O)c2[nH]nc(-c3ccccc3O)c2[C@@H]1c1ccc(CC)cc1. The van der Waals surface area contributed by atoms with Crippen molar-refractivity contribution in [1.29, 1.82) is 0 Å². The lowest BCUT2D eigenvalue weighted by Crippen LogP contribution is -2.30. The van der Waals surface area contributed by atoms with E-state index in [1.807, 2.05) is 17.0 Å². The van der Waals surface area contributed by atoms with Gasteiger partial charge in [-0.25, -0.2) is 0 Å². The van der Waals surface area contributed by atoms with Crippen molar-refractivity contribution in [2.24, 2.45) is 0 Å². The maximum atomic E-state index is 13.1. The van der Waals surface area contributed by atoms with Crippen molar-refractivity contribution in [2.45, 2.75) is 39.2 Å².